The van der Waals surface area contributed by atoms with Crippen LogP contribution in [0.5, 0.6) is 0 Å². The van der Waals surface area contributed by atoms with Gasteiger partial charge in [0, 0.05) is 0 Å². The molecule has 57 valence electrons. The second-order valence-corrected chi connectivity index (χ2v) is 3.11. The minimum absolute atomic E-state index is 0.778. The minimum atomic E-state index is 0.778. The summed E-state index contributed by atoms with van der Waals surface area (Å²) in [4.78, 5) is 0. The van der Waals surface area contributed by atoms with Crippen LogP contribution in [0.4, 0.5) is 0 Å². The van der Waals surface area contributed by atoms with Gasteiger partial charge in [0.25, 0.3) is 0 Å². The van der Waals surface area contributed by atoms with E-state index in [1.807, 2.05) is 0 Å². The van der Waals surface area contributed by atoms with Crippen LogP contribution >= 0.6 is 0 Å². The Kier molecular flexibility index (Phi) is 3.56. The molecule has 0 fully saturated rings. The average molecular weight is 137 g/mol. The number of allylic oxidation sites excluding steroid dienone is 2. The van der Waals surface area contributed by atoms with Gasteiger partial charge in [-0.1, -0.05) is 31.9 Å². The summed E-state index contributed by atoms with van der Waals surface area (Å²) < 4.78 is 0. The third kappa shape index (κ3) is 2.55. The quantitative estimate of drug-likeness (QED) is 0.486. The van der Waals surface area contributed by atoms with Crippen molar-refractivity contribution in [3.8, 4) is 0 Å². The smallest absolute Gasteiger partial charge is 0.0234 e. The van der Waals surface area contributed by atoms with Crippen molar-refractivity contribution in [2.24, 2.45) is 5.92 Å². The number of hydrogen-bond acceptors (Lipinski definition) is 0. The van der Waals surface area contributed by atoms with E-state index in [0.717, 1.165) is 12.3 Å². The van der Waals surface area contributed by atoms with Gasteiger partial charge < -0.3 is 0 Å². The molecule has 1 atom stereocenters. The van der Waals surface area contributed by atoms with E-state index in [-0.39, 0.29) is 0 Å². The second-order valence-electron chi connectivity index (χ2n) is 3.11. The molecule has 1 aliphatic carbocycles. The van der Waals surface area contributed by atoms with Gasteiger partial charge >= 0.3 is 0 Å². The van der Waals surface area contributed by atoms with Gasteiger partial charge in [-0.25, -0.2) is 0 Å². The molecule has 1 aliphatic rings. The van der Waals surface area contributed by atoms with Crippen molar-refractivity contribution < 1.29 is 0 Å². The summed E-state index contributed by atoms with van der Waals surface area (Å²) in [5.41, 5.74) is 0. The molecule has 0 bridgehead atoms. The maximum Gasteiger partial charge on any atom is -0.0234 e. The first-order valence-corrected chi connectivity index (χ1v) is 4.39. The molecule has 1 unspecified atom stereocenters. The summed E-state index contributed by atoms with van der Waals surface area (Å²) in [7, 11) is 0. The predicted molar refractivity (Wildman–Crippen MR) is 45.7 cm³/mol. The van der Waals surface area contributed by atoms with Gasteiger partial charge in [-0.05, 0) is 31.6 Å². The normalized spacial score (nSPS) is 30.7. The molecule has 0 nitrogen and oxygen atoms in total. The molecular weight excluding hydrogens is 120 g/mol. The summed E-state index contributed by atoms with van der Waals surface area (Å²) in [5, 5.41) is 0. The van der Waals surface area contributed by atoms with Crippen LogP contribution in [-0.2, 0) is 0 Å². The predicted octanol–water partition coefficient (Wildman–Crippen LogP) is 3.35. The SMILES string of the molecule is [CH2]CC1/C=C\CCCCC1. The molecule has 1 radical (unpaired) electrons. The highest BCUT2D eigenvalue weighted by molar-refractivity contribution is 4.90. The zero-order chi connectivity index (χ0) is 7.23. The van der Waals surface area contributed by atoms with E-state index in [0.29, 0.717) is 0 Å². The van der Waals surface area contributed by atoms with Crippen LogP contribution < -0.4 is 0 Å². The number of hydrogen-bond donors (Lipinski definition) is 0. The number of rotatable bonds is 1. The zero-order valence-corrected chi connectivity index (χ0v) is 6.68. The molecule has 0 N–H and O–H groups in total. The molecule has 0 saturated carbocycles. The van der Waals surface area contributed by atoms with Crippen molar-refractivity contribution in [1.29, 1.82) is 0 Å². The largest absolute Gasteiger partial charge is 0.0883 e. The standard InChI is InChI=1S/C10H17/c1-2-10-8-6-4-3-5-7-9-10/h6,8,10H,1-5,7,9H2/b8-6-. The third-order valence-corrected chi connectivity index (χ3v) is 2.22. The second kappa shape index (κ2) is 4.54. The lowest BCUT2D eigenvalue weighted by Crippen LogP contribution is -1.96. The molecular formula is C10H17. The third-order valence-electron chi connectivity index (χ3n) is 2.22. The van der Waals surface area contributed by atoms with Gasteiger partial charge in [-0.15, -0.1) is 0 Å². The Balaban J connectivity index is 2.33. The van der Waals surface area contributed by atoms with Crippen LogP contribution in [0, 0.1) is 12.8 Å². The van der Waals surface area contributed by atoms with Crippen LogP contribution in [0.1, 0.15) is 38.5 Å². The summed E-state index contributed by atoms with van der Waals surface area (Å²) in [6.07, 6.45) is 12.6. The highest BCUT2D eigenvalue weighted by Crippen LogP contribution is 2.18. The van der Waals surface area contributed by atoms with E-state index < -0.39 is 0 Å². The Morgan fingerprint density at radius 2 is 2.20 bits per heavy atom. The van der Waals surface area contributed by atoms with Gasteiger partial charge in [0.2, 0.25) is 0 Å². The lowest BCUT2D eigenvalue weighted by atomic mass is 9.95. The monoisotopic (exact) mass is 137 g/mol. The molecule has 0 heterocycles. The fourth-order valence-corrected chi connectivity index (χ4v) is 1.47. The molecule has 1 rings (SSSR count). The Hall–Kier alpha value is -0.260. The van der Waals surface area contributed by atoms with E-state index in [1.54, 1.807) is 0 Å². The highest BCUT2D eigenvalue weighted by Gasteiger charge is 2.02. The van der Waals surface area contributed by atoms with Crippen molar-refractivity contribution in [2.45, 2.75) is 38.5 Å². The maximum absolute atomic E-state index is 3.93. The molecule has 0 aromatic rings. The molecule has 0 aliphatic heterocycles. The van der Waals surface area contributed by atoms with Gasteiger partial charge in [0.1, 0.15) is 0 Å². The molecule has 0 heteroatoms. The van der Waals surface area contributed by atoms with Gasteiger partial charge in [0.05, 0.1) is 0 Å². The van der Waals surface area contributed by atoms with Crippen LogP contribution in [0.3, 0.4) is 0 Å². The molecule has 0 aromatic carbocycles. The lowest BCUT2D eigenvalue weighted by molar-refractivity contribution is 0.523. The first-order chi connectivity index (χ1) is 4.93. The molecule has 0 amide bonds. The Bertz CT molecular complexity index is 103. The van der Waals surface area contributed by atoms with E-state index in [1.165, 1.54) is 32.1 Å². The Labute approximate surface area is 64.3 Å². The first-order valence-electron chi connectivity index (χ1n) is 4.39. The zero-order valence-electron chi connectivity index (χ0n) is 6.68. The van der Waals surface area contributed by atoms with E-state index in [9.17, 15) is 0 Å². The summed E-state index contributed by atoms with van der Waals surface area (Å²) in [6.45, 7) is 3.93. The van der Waals surface area contributed by atoms with Crippen molar-refractivity contribution in [3.63, 3.8) is 0 Å². The summed E-state index contributed by atoms with van der Waals surface area (Å²) in [6, 6.07) is 0. The van der Waals surface area contributed by atoms with Gasteiger partial charge in [-0.3, -0.25) is 0 Å². The Morgan fingerprint density at radius 3 is 3.00 bits per heavy atom. The maximum atomic E-state index is 3.93. The minimum Gasteiger partial charge on any atom is -0.0883 e. The summed E-state index contributed by atoms with van der Waals surface area (Å²) >= 11 is 0. The van der Waals surface area contributed by atoms with Crippen LogP contribution in [0.25, 0.3) is 0 Å². The fourth-order valence-electron chi connectivity index (χ4n) is 1.47. The van der Waals surface area contributed by atoms with E-state index in [4.69, 9.17) is 0 Å². The molecule has 0 aromatic heterocycles. The topological polar surface area (TPSA) is 0 Å². The van der Waals surface area contributed by atoms with Crippen molar-refractivity contribution >= 4 is 0 Å². The van der Waals surface area contributed by atoms with E-state index >= 15 is 0 Å². The van der Waals surface area contributed by atoms with Gasteiger partial charge in [-0.2, -0.15) is 0 Å². The van der Waals surface area contributed by atoms with Crippen LogP contribution in [0.15, 0.2) is 12.2 Å². The average Bonchev–Trinajstić information content (AvgIpc) is 1.87. The van der Waals surface area contributed by atoms with Crippen molar-refractivity contribution in [2.75, 3.05) is 0 Å². The highest BCUT2D eigenvalue weighted by atomic mass is 14.1. The van der Waals surface area contributed by atoms with E-state index in [2.05, 4.69) is 19.1 Å². The summed E-state index contributed by atoms with van der Waals surface area (Å²) in [5.74, 6) is 0.778. The Morgan fingerprint density at radius 1 is 1.30 bits per heavy atom. The van der Waals surface area contributed by atoms with Crippen LogP contribution in [-0.4, -0.2) is 0 Å². The lowest BCUT2D eigenvalue weighted by Gasteiger charge is -2.11. The van der Waals surface area contributed by atoms with Gasteiger partial charge in [0.15, 0.2) is 0 Å². The fraction of sp³-hybridized carbons (Fsp3) is 0.700. The van der Waals surface area contributed by atoms with Crippen molar-refractivity contribution in [3.05, 3.63) is 19.1 Å². The molecule has 0 saturated heterocycles. The molecule has 10 heavy (non-hydrogen) atoms. The van der Waals surface area contributed by atoms with Crippen LogP contribution in [0.2, 0.25) is 0 Å². The molecule has 0 spiro atoms. The van der Waals surface area contributed by atoms with Crippen molar-refractivity contribution in [1.82, 2.24) is 0 Å². The first kappa shape index (κ1) is 7.84.